The number of rotatable bonds is 1. The number of benzene rings is 2. The molecule has 4 rings (SSSR count). The SMILES string of the molecule is O=C(c1ncc2ccccc2n1)N1Cc2ccccc2C1. The van der Waals surface area contributed by atoms with E-state index in [9.17, 15) is 4.79 Å². The number of carbonyl (C=O) groups excluding carboxylic acids is 1. The van der Waals surface area contributed by atoms with Gasteiger partial charge < -0.3 is 4.90 Å². The fourth-order valence-electron chi connectivity index (χ4n) is 2.69. The van der Waals surface area contributed by atoms with Gasteiger partial charge in [-0.2, -0.15) is 0 Å². The molecule has 4 nitrogen and oxygen atoms in total. The molecule has 0 aliphatic carbocycles. The first-order valence-electron chi connectivity index (χ1n) is 6.89. The van der Waals surface area contributed by atoms with E-state index in [1.54, 1.807) is 11.1 Å². The molecule has 102 valence electrons. The van der Waals surface area contributed by atoms with Crippen molar-refractivity contribution in [2.45, 2.75) is 13.1 Å². The summed E-state index contributed by atoms with van der Waals surface area (Å²) in [7, 11) is 0. The smallest absolute Gasteiger partial charge is 0.292 e. The second-order valence-electron chi connectivity index (χ2n) is 5.18. The van der Waals surface area contributed by atoms with E-state index in [1.165, 1.54) is 11.1 Å². The summed E-state index contributed by atoms with van der Waals surface area (Å²) in [4.78, 5) is 22.9. The van der Waals surface area contributed by atoms with E-state index in [0.29, 0.717) is 13.1 Å². The van der Waals surface area contributed by atoms with Crippen molar-refractivity contribution < 1.29 is 4.79 Å². The fraction of sp³-hybridized carbons (Fsp3) is 0.118. The summed E-state index contributed by atoms with van der Waals surface area (Å²) in [6, 6.07) is 15.8. The van der Waals surface area contributed by atoms with E-state index < -0.39 is 0 Å². The van der Waals surface area contributed by atoms with E-state index in [-0.39, 0.29) is 11.7 Å². The van der Waals surface area contributed by atoms with Gasteiger partial charge >= 0.3 is 0 Å². The number of nitrogens with zero attached hydrogens (tertiary/aromatic N) is 3. The minimum Gasteiger partial charge on any atom is -0.327 e. The van der Waals surface area contributed by atoms with Crippen LogP contribution in [0.15, 0.2) is 54.7 Å². The maximum Gasteiger partial charge on any atom is 0.292 e. The lowest BCUT2D eigenvalue weighted by Gasteiger charge is -2.14. The van der Waals surface area contributed by atoms with Crippen molar-refractivity contribution in [1.29, 1.82) is 0 Å². The third-order valence-corrected chi connectivity index (χ3v) is 3.81. The van der Waals surface area contributed by atoms with Crippen LogP contribution in [-0.4, -0.2) is 20.8 Å². The molecule has 0 bridgehead atoms. The first-order chi connectivity index (χ1) is 10.3. The highest BCUT2D eigenvalue weighted by Gasteiger charge is 2.25. The van der Waals surface area contributed by atoms with Crippen LogP contribution >= 0.6 is 0 Å². The molecule has 21 heavy (non-hydrogen) atoms. The average Bonchev–Trinajstić information content (AvgIpc) is 2.97. The quantitative estimate of drug-likeness (QED) is 0.686. The van der Waals surface area contributed by atoms with Gasteiger partial charge in [-0.15, -0.1) is 0 Å². The maximum atomic E-state index is 12.6. The number of carbonyl (C=O) groups is 1. The van der Waals surface area contributed by atoms with Crippen LogP contribution in [0.3, 0.4) is 0 Å². The van der Waals surface area contributed by atoms with E-state index in [0.717, 1.165) is 10.9 Å². The molecular weight excluding hydrogens is 262 g/mol. The van der Waals surface area contributed by atoms with Crippen molar-refractivity contribution in [3.8, 4) is 0 Å². The van der Waals surface area contributed by atoms with Gasteiger partial charge in [-0.3, -0.25) is 4.79 Å². The molecule has 1 aromatic heterocycles. The molecule has 0 saturated carbocycles. The van der Waals surface area contributed by atoms with Crippen molar-refractivity contribution in [2.75, 3.05) is 0 Å². The Morgan fingerprint density at radius 3 is 2.38 bits per heavy atom. The fourth-order valence-corrected chi connectivity index (χ4v) is 2.69. The summed E-state index contributed by atoms with van der Waals surface area (Å²) in [5.41, 5.74) is 3.20. The number of hydrogen-bond acceptors (Lipinski definition) is 3. The molecule has 1 aliphatic heterocycles. The zero-order valence-corrected chi connectivity index (χ0v) is 11.4. The normalized spacial score (nSPS) is 13.4. The average molecular weight is 275 g/mol. The molecule has 1 aliphatic rings. The van der Waals surface area contributed by atoms with Gasteiger partial charge in [0.25, 0.3) is 5.91 Å². The van der Waals surface area contributed by atoms with E-state index >= 15 is 0 Å². The van der Waals surface area contributed by atoms with Gasteiger partial charge in [-0.25, -0.2) is 9.97 Å². The van der Waals surface area contributed by atoms with E-state index in [4.69, 9.17) is 0 Å². The summed E-state index contributed by atoms with van der Waals surface area (Å²) in [5.74, 6) is 0.151. The predicted octanol–water partition coefficient (Wildman–Crippen LogP) is 2.79. The molecule has 4 heteroatoms. The van der Waals surface area contributed by atoms with Crippen LogP contribution < -0.4 is 0 Å². The highest BCUT2D eigenvalue weighted by molar-refractivity contribution is 5.93. The summed E-state index contributed by atoms with van der Waals surface area (Å²) < 4.78 is 0. The topological polar surface area (TPSA) is 46.1 Å². The molecule has 0 spiro atoms. The Morgan fingerprint density at radius 2 is 1.62 bits per heavy atom. The van der Waals surface area contributed by atoms with Gasteiger partial charge in [0.2, 0.25) is 5.82 Å². The first kappa shape index (κ1) is 12.0. The lowest BCUT2D eigenvalue weighted by Crippen LogP contribution is -2.27. The molecular formula is C17H13N3O. The standard InChI is InChI=1S/C17H13N3O/c21-17(20-10-13-6-1-2-7-14(13)11-20)16-18-9-12-5-3-4-8-15(12)19-16/h1-9H,10-11H2. The summed E-state index contributed by atoms with van der Waals surface area (Å²) >= 11 is 0. The molecule has 0 atom stereocenters. The Kier molecular flexibility index (Phi) is 2.67. The molecule has 0 N–H and O–H groups in total. The number of fused-ring (bicyclic) bond motifs is 2. The largest absolute Gasteiger partial charge is 0.327 e. The molecule has 0 radical (unpaired) electrons. The van der Waals surface area contributed by atoms with Gasteiger partial charge in [-0.05, 0) is 17.2 Å². The molecule has 0 saturated heterocycles. The van der Waals surface area contributed by atoms with Crippen molar-refractivity contribution >= 4 is 16.8 Å². The van der Waals surface area contributed by atoms with Crippen LogP contribution in [0, 0.1) is 0 Å². The first-order valence-corrected chi connectivity index (χ1v) is 6.89. The summed E-state index contributed by atoms with van der Waals surface area (Å²) in [6.07, 6.45) is 1.71. The second-order valence-corrected chi connectivity index (χ2v) is 5.18. The predicted molar refractivity (Wildman–Crippen MR) is 79.6 cm³/mol. The molecule has 2 aromatic carbocycles. The van der Waals surface area contributed by atoms with E-state index in [1.807, 2.05) is 36.4 Å². The van der Waals surface area contributed by atoms with Crippen LogP contribution in [0.4, 0.5) is 0 Å². The van der Waals surface area contributed by atoms with Gasteiger partial charge in [0.15, 0.2) is 0 Å². The second kappa shape index (κ2) is 4.66. The Bertz CT molecular complexity index is 819. The van der Waals surface area contributed by atoms with Crippen molar-refractivity contribution in [3.63, 3.8) is 0 Å². The number of amides is 1. The van der Waals surface area contributed by atoms with Crippen molar-refractivity contribution in [3.05, 3.63) is 71.7 Å². The molecule has 3 aromatic rings. The number of para-hydroxylation sites is 1. The monoisotopic (exact) mass is 275 g/mol. The van der Waals surface area contributed by atoms with Gasteiger partial charge in [0, 0.05) is 24.7 Å². The van der Waals surface area contributed by atoms with E-state index in [2.05, 4.69) is 22.1 Å². The van der Waals surface area contributed by atoms with Crippen LogP contribution in [0.25, 0.3) is 10.9 Å². The minimum atomic E-state index is -0.114. The van der Waals surface area contributed by atoms with Crippen LogP contribution in [-0.2, 0) is 13.1 Å². The Hall–Kier alpha value is -2.75. The van der Waals surface area contributed by atoms with Crippen molar-refractivity contribution in [2.24, 2.45) is 0 Å². The molecule has 0 fully saturated rings. The zero-order chi connectivity index (χ0) is 14.2. The Morgan fingerprint density at radius 1 is 0.952 bits per heavy atom. The lowest BCUT2D eigenvalue weighted by atomic mass is 10.1. The zero-order valence-electron chi connectivity index (χ0n) is 11.4. The number of hydrogen-bond donors (Lipinski definition) is 0. The van der Waals surface area contributed by atoms with Gasteiger partial charge in [0.1, 0.15) is 0 Å². The maximum absolute atomic E-state index is 12.6. The number of aromatic nitrogens is 2. The summed E-state index contributed by atoms with van der Waals surface area (Å²) in [5, 5.41) is 0.943. The van der Waals surface area contributed by atoms with Gasteiger partial charge in [-0.1, -0.05) is 42.5 Å². The highest BCUT2D eigenvalue weighted by atomic mass is 16.2. The van der Waals surface area contributed by atoms with Crippen molar-refractivity contribution in [1.82, 2.24) is 14.9 Å². The molecule has 2 heterocycles. The summed E-state index contributed by atoms with van der Waals surface area (Å²) in [6.45, 7) is 1.26. The van der Waals surface area contributed by atoms with Gasteiger partial charge in [0.05, 0.1) is 5.52 Å². The molecule has 0 unspecified atom stereocenters. The molecule has 1 amide bonds. The Labute approximate surface area is 122 Å². The Balaban J connectivity index is 1.65. The minimum absolute atomic E-state index is 0.114. The highest BCUT2D eigenvalue weighted by Crippen LogP contribution is 2.23. The lowest BCUT2D eigenvalue weighted by molar-refractivity contribution is 0.0739. The van der Waals surface area contributed by atoms with Crippen LogP contribution in [0.5, 0.6) is 0 Å². The van der Waals surface area contributed by atoms with Crippen LogP contribution in [0.2, 0.25) is 0 Å². The van der Waals surface area contributed by atoms with Crippen LogP contribution in [0.1, 0.15) is 21.7 Å². The third kappa shape index (κ3) is 2.05. The third-order valence-electron chi connectivity index (χ3n) is 3.81.